The van der Waals surface area contributed by atoms with Crippen molar-refractivity contribution < 1.29 is 0 Å². The lowest BCUT2D eigenvalue weighted by Gasteiger charge is -1.98. The van der Waals surface area contributed by atoms with E-state index in [9.17, 15) is 0 Å². The van der Waals surface area contributed by atoms with E-state index in [-0.39, 0.29) is 0 Å². The van der Waals surface area contributed by atoms with E-state index in [1.807, 2.05) is 11.6 Å². The van der Waals surface area contributed by atoms with Crippen LogP contribution in [0.25, 0.3) is 5.57 Å². The third kappa shape index (κ3) is 5.64. The second kappa shape index (κ2) is 7.23. The first kappa shape index (κ1) is 13.9. The lowest BCUT2D eigenvalue weighted by Crippen LogP contribution is -1.78. The minimum absolute atomic E-state index is 1.11. The summed E-state index contributed by atoms with van der Waals surface area (Å²) in [6, 6.07) is 0. The molecular formula is C15H21NS. The van der Waals surface area contributed by atoms with Crippen molar-refractivity contribution in [2.75, 3.05) is 0 Å². The zero-order valence-electron chi connectivity index (χ0n) is 11.2. The molecule has 0 aliphatic heterocycles. The zero-order chi connectivity index (χ0) is 12.7. The van der Waals surface area contributed by atoms with Crippen LogP contribution < -0.4 is 0 Å². The van der Waals surface area contributed by atoms with Crippen molar-refractivity contribution in [3.8, 4) is 0 Å². The first-order valence-electron chi connectivity index (χ1n) is 5.97. The summed E-state index contributed by atoms with van der Waals surface area (Å²) in [4.78, 5) is 4.29. The van der Waals surface area contributed by atoms with Crippen molar-refractivity contribution in [3.05, 3.63) is 46.0 Å². The predicted octanol–water partition coefficient (Wildman–Crippen LogP) is 5.24. The Morgan fingerprint density at radius 2 is 2.00 bits per heavy atom. The molecule has 1 aromatic rings. The average molecular weight is 247 g/mol. The van der Waals surface area contributed by atoms with Gasteiger partial charge in [-0.1, -0.05) is 29.4 Å². The molecule has 0 spiro atoms. The fraction of sp³-hybridized carbons (Fsp3) is 0.400. The molecule has 0 aliphatic rings. The maximum absolute atomic E-state index is 4.29. The SMILES string of the molecule is CC(C)=CCCC(C)=CC=C(C)c1nccs1. The maximum Gasteiger partial charge on any atom is 0.118 e. The molecule has 0 N–H and O–H groups in total. The number of thiazole rings is 1. The van der Waals surface area contributed by atoms with Crippen LogP contribution >= 0.6 is 11.3 Å². The molecular weight excluding hydrogens is 226 g/mol. The van der Waals surface area contributed by atoms with Crippen LogP contribution in [-0.4, -0.2) is 4.98 Å². The van der Waals surface area contributed by atoms with Gasteiger partial charge < -0.3 is 0 Å². The van der Waals surface area contributed by atoms with Gasteiger partial charge in [0.25, 0.3) is 0 Å². The van der Waals surface area contributed by atoms with Crippen LogP contribution in [0.1, 0.15) is 45.5 Å². The number of allylic oxidation sites excluding steroid dienone is 6. The first-order valence-corrected chi connectivity index (χ1v) is 6.85. The molecule has 0 radical (unpaired) electrons. The predicted molar refractivity (Wildman–Crippen MR) is 78.2 cm³/mol. The van der Waals surface area contributed by atoms with Gasteiger partial charge in [-0.3, -0.25) is 0 Å². The Labute approximate surface area is 109 Å². The van der Waals surface area contributed by atoms with Crippen LogP contribution in [0, 0.1) is 0 Å². The van der Waals surface area contributed by atoms with E-state index >= 15 is 0 Å². The van der Waals surface area contributed by atoms with Crippen molar-refractivity contribution in [3.63, 3.8) is 0 Å². The molecule has 17 heavy (non-hydrogen) atoms. The summed E-state index contributed by atoms with van der Waals surface area (Å²) in [6.07, 6.45) is 10.8. The van der Waals surface area contributed by atoms with Crippen molar-refractivity contribution in [2.45, 2.75) is 40.5 Å². The monoisotopic (exact) mass is 247 g/mol. The molecule has 0 aliphatic carbocycles. The average Bonchev–Trinajstić information content (AvgIpc) is 2.78. The number of hydrogen-bond donors (Lipinski definition) is 0. The molecule has 0 atom stereocenters. The summed E-state index contributed by atoms with van der Waals surface area (Å²) < 4.78 is 0. The van der Waals surface area contributed by atoms with Crippen LogP contribution in [-0.2, 0) is 0 Å². The smallest absolute Gasteiger partial charge is 0.118 e. The van der Waals surface area contributed by atoms with Gasteiger partial charge in [0, 0.05) is 11.6 Å². The first-order chi connectivity index (χ1) is 8.09. The van der Waals surface area contributed by atoms with Crippen LogP contribution in [0.5, 0.6) is 0 Å². The second-order valence-corrected chi connectivity index (χ2v) is 5.41. The summed E-state index contributed by atoms with van der Waals surface area (Å²) in [7, 11) is 0. The third-order valence-corrected chi connectivity index (χ3v) is 3.39. The van der Waals surface area contributed by atoms with Crippen molar-refractivity contribution >= 4 is 16.9 Å². The minimum Gasteiger partial charge on any atom is -0.245 e. The van der Waals surface area contributed by atoms with E-state index in [1.165, 1.54) is 16.7 Å². The standard InChI is InChI=1S/C15H21NS/c1-12(2)6-5-7-13(3)8-9-14(4)15-16-10-11-17-15/h6,8-11H,5,7H2,1-4H3. The Hall–Kier alpha value is -1.15. The highest BCUT2D eigenvalue weighted by atomic mass is 32.1. The quantitative estimate of drug-likeness (QED) is 0.512. The van der Waals surface area contributed by atoms with Crippen LogP contribution in [0.15, 0.2) is 41.0 Å². The largest absolute Gasteiger partial charge is 0.245 e. The molecule has 0 unspecified atom stereocenters. The van der Waals surface area contributed by atoms with E-state index in [0.29, 0.717) is 0 Å². The third-order valence-electron chi connectivity index (χ3n) is 2.48. The molecule has 1 heterocycles. The molecule has 1 nitrogen and oxygen atoms in total. The lowest BCUT2D eigenvalue weighted by atomic mass is 10.1. The molecule has 92 valence electrons. The lowest BCUT2D eigenvalue weighted by molar-refractivity contribution is 0.967. The second-order valence-electron chi connectivity index (χ2n) is 4.52. The Bertz CT molecular complexity index is 418. The fourth-order valence-corrected chi connectivity index (χ4v) is 2.05. The Kier molecular flexibility index (Phi) is 5.92. The molecule has 1 aromatic heterocycles. The van der Waals surface area contributed by atoms with Gasteiger partial charge >= 0.3 is 0 Å². The molecule has 0 fully saturated rings. The van der Waals surface area contributed by atoms with Crippen LogP contribution in [0.2, 0.25) is 0 Å². The van der Waals surface area contributed by atoms with Gasteiger partial charge in [-0.05, 0) is 46.1 Å². The van der Waals surface area contributed by atoms with Gasteiger partial charge in [-0.15, -0.1) is 11.3 Å². The summed E-state index contributed by atoms with van der Waals surface area (Å²) in [5.41, 5.74) is 4.05. The molecule has 2 heteroatoms. The fourth-order valence-electron chi connectivity index (χ4n) is 1.43. The van der Waals surface area contributed by atoms with Crippen molar-refractivity contribution in [1.82, 2.24) is 4.98 Å². The zero-order valence-corrected chi connectivity index (χ0v) is 12.0. The summed E-state index contributed by atoms with van der Waals surface area (Å²) in [5.74, 6) is 0. The van der Waals surface area contributed by atoms with E-state index in [1.54, 1.807) is 11.3 Å². The minimum atomic E-state index is 1.11. The molecule has 0 amide bonds. The van der Waals surface area contributed by atoms with Gasteiger partial charge in [-0.25, -0.2) is 4.98 Å². The summed E-state index contributed by atoms with van der Waals surface area (Å²) in [6.45, 7) is 8.58. The molecule has 0 bridgehead atoms. The number of nitrogens with zero attached hydrogens (tertiary/aromatic N) is 1. The summed E-state index contributed by atoms with van der Waals surface area (Å²) >= 11 is 1.69. The topological polar surface area (TPSA) is 12.9 Å². The number of rotatable bonds is 5. The van der Waals surface area contributed by atoms with E-state index < -0.39 is 0 Å². The molecule has 0 saturated carbocycles. The number of aromatic nitrogens is 1. The van der Waals surface area contributed by atoms with E-state index in [4.69, 9.17) is 0 Å². The highest BCUT2D eigenvalue weighted by molar-refractivity contribution is 7.10. The number of hydrogen-bond acceptors (Lipinski definition) is 2. The van der Waals surface area contributed by atoms with Gasteiger partial charge in [0.15, 0.2) is 0 Å². The van der Waals surface area contributed by atoms with E-state index in [2.05, 4.69) is 50.9 Å². The molecule has 1 rings (SSSR count). The molecule has 0 aromatic carbocycles. The van der Waals surface area contributed by atoms with Crippen molar-refractivity contribution in [1.29, 1.82) is 0 Å². The van der Waals surface area contributed by atoms with E-state index in [0.717, 1.165) is 17.8 Å². The highest BCUT2D eigenvalue weighted by Crippen LogP contribution is 2.17. The van der Waals surface area contributed by atoms with Gasteiger partial charge in [0.1, 0.15) is 5.01 Å². The Morgan fingerprint density at radius 3 is 2.59 bits per heavy atom. The Balaban J connectivity index is 2.52. The Morgan fingerprint density at radius 1 is 1.24 bits per heavy atom. The van der Waals surface area contributed by atoms with Gasteiger partial charge in [-0.2, -0.15) is 0 Å². The maximum atomic E-state index is 4.29. The highest BCUT2D eigenvalue weighted by Gasteiger charge is 1.96. The van der Waals surface area contributed by atoms with Crippen LogP contribution in [0.4, 0.5) is 0 Å². The van der Waals surface area contributed by atoms with Gasteiger partial charge in [0.05, 0.1) is 0 Å². The van der Waals surface area contributed by atoms with Crippen LogP contribution in [0.3, 0.4) is 0 Å². The van der Waals surface area contributed by atoms with Crippen molar-refractivity contribution in [2.24, 2.45) is 0 Å². The molecule has 0 saturated heterocycles. The summed E-state index contributed by atoms with van der Waals surface area (Å²) in [5, 5.41) is 3.12. The normalized spacial score (nSPS) is 12.7. The van der Waals surface area contributed by atoms with Gasteiger partial charge in [0.2, 0.25) is 0 Å².